The molecule has 0 aliphatic carbocycles. The maximum atomic E-state index is 11.9. The molecule has 0 aliphatic rings. The van der Waals surface area contributed by atoms with Crippen molar-refractivity contribution < 1.29 is 4.79 Å². The summed E-state index contributed by atoms with van der Waals surface area (Å²) in [5, 5.41) is 6.98. The van der Waals surface area contributed by atoms with Crippen LogP contribution in [-0.4, -0.2) is 25.7 Å². The van der Waals surface area contributed by atoms with Gasteiger partial charge in [0.1, 0.15) is 0 Å². The van der Waals surface area contributed by atoms with Crippen LogP contribution in [0.1, 0.15) is 15.9 Å². The van der Waals surface area contributed by atoms with Crippen molar-refractivity contribution in [1.29, 1.82) is 0 Å². The second kappa shape index (κ2) is 5.96. The van der Waals surface area contributed by atoms with Gasteiger partial charge in [0.15, 0.2) is 5.82 Å². The van der Waals surface area contributed by atoms with Gasteiger partial charge < -0.3 is 5.32 Å². The van der Waals surface area contributed by atoms with E-state index in [0.29, 0.717) is 17.9 Å². The molecule has 0 spiro atoms. The lowest BCUT2D eigenvalue weighted by Crippen LogP contribution is -2.23. The van der Waals surface area contributed by atoms with Crippen LogP contribution in [0.3, 0.4) is 0 Å². The minimum atomic E-state index is -0.152. The van der Waals surface area contributed by atoms with Crippen LogP contribution in [-0.2, 0) is 6.54 Å². The largest absolute Gasteiger partial charge is 0.348 e. The van der Waals surface area contributed by atoms with E-state index in [1.807, 2.05) is 24.4 Å². The number of pyridine rings is 2. The third-order valence-corrected chi connectivity index (χ3v) is 2.93. The Bertz CT molecular complexity index is 725. The van der Waals surface area contributed by atoms with Crippen molar-refractivity contribution in [3.63, 3.8) is 0 Å². The van der Waals surface area contributed by atoms with Crippen LogP contribution in [0.4, 0.5) is 0 Å². The minimum absolute atomic E-state index is 0.152. The molecular weight excluding hydrogens is 266 g/mol. The summed E-state index contributed by atoms with van der Waals surface area (Å²) in [4.78, 5) is 20.1. The Kier molecular flexibility index (Phi) is 3.68. The molecule has 104 valence electrons. The number of aromatic nitrogens is 4. The fourth-order valence-electron chi connectivity index (χ4n) is 1.88. The zero-order valence-corrected chi connectivity index (χ0v) is 11.2. The van der Waals surface area contributed by atoms with Gasteiger partial charge in [-0.05, 0) is 35.9 Å². The van der Waals surface area contributed by atoms with E-state index in [-0.39, 0.29) is 5.91 Å². The Balaban J connectivity index is 1.69. The van der Waals surface area contributed by atoms with Crippen molar-refractivity contribution in [2.24, 2.45) is 0 Å². The van der Waals surface area contributed by atoms with Gasteiger partial charge in [-0.2, -0.15) is 5.10 Å². The number of rotatable bonds is 4. The lowest BCUT2D eigenvalue weighted by atomic mass is 10.2. The van der Waals surface area contributed by atoms with Crippen LogP contribution in [0.5, 0.6) is 0 Å². The van der Waals surface area contributed by atoms with Crippen LogP contribution >= 0.6 is 0 Å². The number of amides is 1. The van der Waals surface area contributed by atoms with E-state index in [1.54, 1.807) is 35.4 Å². The zero-order valence-electron chi connectivity index (χ0n) is 11.2. The van der Waals surface area contributed by atoms with Crippen molar-refractivity contribution in [2.45, 2.75) is 6.54 Å². The number of carbonyl (C=O) groups excluding carboxylic acids is 1. The molecule has 0 aliphatic heterocycles. The van der Waals surface area contributed by atoms with Gasteiger partial charge in [0.2, 0.25) is 0 Å². The van der Waals surface area contributed by atoms with Crippen LogP contribution in [0, 0.1) is 0 Å². The molecular formula is C15H13N5O. The molecule has 6 heteroatoms. The topological polar surface area (TPSA) is 72.7 Å². The molecule has 0 bridgehead atoms. The fraction of sp³-hybridized carbons (Fsp3) is 0.0667. The van der Waals surface area contributed by atoms with Gasteiger partial charge in [-0.25, -0.2) is 9.67 Å². The molecule has 0 aromatic carbocycles. The van der Waals surface area contributed by atoms with E-state index < -0.39 is 0 Å². The predicted octanol–water partition coefficient (Wildman–Crippen LogP) is 1.59. The second-order valence-corrected chi connectivity index (χ2v) is 4.40. The summed E-state index contributed by atoms with van der Waals surface area (Å²) in [6.07, 6.45) is 8.38. The van der Waals surface area contributed by atoms with Gasteiger partial charge in [0.05, 0.1) is 5.56 Å². The summed E-state index contributed by atoms with van der Waals surface area (Å²) in [7, 11) is 0. The summed E-state index contributed by atoms with van der Waals surface area (Å²) >= 11 is 0. The highest BCUT2D eigenvalue weighted by Gasteiger charge is 2.05. The highest BCUT2D eigenvalue weighted by atomic mass is 16.1. The Morgan fingerprint density at radius 1 is 1.19 bits per heavy atom. The lowest BCUT2D eigenvalue weighted by Gasteiger charge is -2.06. The molecule has 1 amide bonds. The Morgan fingerprint density at radius 2 is 2.14 bits per heavy atom. The first-order chi connectivity index (χ1) is 10.3. The molecule has 1 N–H and O–H groups in total. The quantitative estimate of drug-likeness (QED) is 0.787. The smallest absolute Gasteiger partial charge is 0.253 e. The van der Waals surface area contributed by atoms with Crippen molar-refractivity contribution in [2.75, 3.05) is 0 Å². The molecule has 3 heterocycles. The van der Waals surface area contributed by atoms with E-state index in [4.69, 9.17) is 0 Å². The highest BCUT2D eigenvalue weighted by Crippen LogP contribution is 2.06. The van der Waals surface area contributed by atoms with Crippen LogP contribution in [0.15, 0.2) is 61.3 Å². The van der Waals surface area contributed by atoms with E-state index in [1.165, 1.54) is 6.20 Å². The average Bonchev–Trinajstić information content (AvgIpc) is 3.08. The molecule has 3 aromatic rings. The van der Waals surface area contributed by atoms with Gasteiger partial charge in [0.25, 0.3) is 5.91 Å². The van der Waals surface area contributed by atoms with Crippen LogP contribution in [0.25, 0.3) is 5.82 Å². The van der Waals surface area contributed by atoms with Crippen molar-refractivity contribution >= 4 is 5.91 Å². The van der Waals surface area contributed by atoms with Crippen LogP contribution < -0.4 is 5.32 Å². The normalized spacial score (nSPS) is 10.3. The summed E-state index contributed by atoms with van der Waals surface area (Å²) in [6.45, 7) is 0.421. The van der Waals surface area contributed by atoms with Crippen molar-refractivity contribution in [3.8, 4) is 5.82 Å². The molecule has 0 fully saturated rings. The number of hydrogen-bond acceptors (Lipinski definition) is 4. The van der Waals surface area contributed by atoms with E-state index in [0.717, 1.165) is 5.56 Å². The minimum Gasteiger partial charge on any atom is -0.348 e. The zero-order chi connectivity index (χ0) is 14.5. The molecule has 0 unspecified atom stereocenters. The first-order valence-electron chi connectivity index (χ1n) is 6.46. The number of hydrogen-bond donors (Lipinski definition) is 1. The van der Waals surface area contributed by atoms with E-state index in [9.17, 15) is 4.79 Å². The first kappa shape index (κ1) is 13.0. The van der Waals surface area contributed by atoms with Gasteiger partial charge in [-0.15, -0.1) is 0 Å². The third kappa shape index (κ3) is 3.11. The number of nitrogens with zero attached hydrogens (tertiary/aromatic N) is 4. The maximum absolute atomic E-state index is 11.9. The maximum Gasteiger partial charge on any atom is 0.253 e. The summed E-state index contributed by atoms with van der Waals surface area (Å²) in [6, 6.07) is 9.03. The molecule has 3 rings (SSSR count). The molecule has 0 saturated carbocycles. The predicted molar refractivity (Wildman–Crippen MR) is 76.8 cm³/mol. The standard InChI is InChI=1S/C15H13N5O/c21-15(13-3-1-5-16-11-13)18-10-12-4-7-17-14(9-12)20-8-2-6-19-20/h1-9,11H,10H2,(H,18,21). The average molecular weight is 279 g/mol. The Hall–Kier alpha value is -3.02. The number of carbonyl (C=O) groups is 1. The Morgan fingerprint density at radius 3 is 2.90 bits per heavy atom. The van der Waals surface area contributed by atoms with Gasteiger partial charge in [-0.1, -0.05) is 0 Å². The van der Waals surface area contributed by atoms with Crippen molar-refractivity contribution in [1.82, 2.24) is 25.1 Å². The summed E-state index contributed by atoms with van der Waals surface area (Å²) in [5.74, 6) is 0.564. The van der Waals surface area contributed by atoms with Crippen LogP contribution in [0.2, 0.25) is 0 Å². The molecule has 0 atom stereocenters. The van der Waals surface area contributed by atoms with E-state index in [2.05, 4.69) is 20.4 Å². The van der Waals surface area contributed by atoms with Gasteiger partial charge in [-0.3, -0.25) is 9.78 Å². The lowest BCUT2D eigenvalue weighted by molar-refractivity contribution is 0.0950. The molecule has 21 heavy (non-hydrogen) atoms. The molecule has 0 saturated heterocycles. The summed E-state index contributed by atoms with van der Waals surface area (Å²) < 4.78 is 1.67. The second-order valence-electron chi connectivity index (χ2n) is 4.40. The SMILES string of the molecule is O=C(NCc1ccnc(-n2cccn2)c1)c1cccnc1. The highest BCUT2D eigenvalue weighted by molar-refractivity contribution is 5.93. The fourth-order valence-corrected chi connectivity index (χ4v) is 1.88. The number of nitrogens with one attached hydrogen (secondary N) is 1. The summed E-state index contributed by atoms with van der Waals surface area (Å²) in [5.41, 5.74) is 1.49. The van der Waals surface area contributed by atoms with Crippen molar-refractivity contribution in [3.05, 3.63) is 72.4 Å². The monoisotopic (exact) mass is 279 g/mol. The van der Waals surface area contributed by atoms with Gasteiger partial charge in [0, 0.05) is 37.5 Å². The Labute approximate surface area is 121 Å². The third-order valence-electron chi connectivity index (χ3n) is 2.93. The van der Waals surface area contributed by atoms with Gasteiger partial charge >= 0.3 is 0 Å². The molecule has 0 radical (unpaired) electrons. The first-order valence-corrected chi connectivity index (χ1v) is 6.46. The van der Waals surface area contributed by atoms with E-state index >= 15 is 0 Å². The molecule has 6 nitrogen and oxygen atoms in total. The molecule has 3 aromatic heterocycles.